The predicted octanol–water partition coefficient (Wildman–Crippen LogP) is 3.44. The number of anilines is 1. The zero-order valence-corrected chi connectivity index (χ0v) is 15.6. The zero-order chi connectivity index (χ0) is 18.1. The third kappa shape index (κ3) is 3.34. The summed E-state index contributed by atoms with van der Waals surface area (Å²) in [6.45, 7) is 3.94. The first-order valence-corrected chi connectivity index (χ1v) is 8.44. The SMILES string of the molecule is Cc1nn(Cc2ccccc2F)c(C)c1NC(=O)c1c(Br)cnn1C. The van der Waals surface area contributed by atoms with Crippen LogP contribution in [-0.4, -0.2) is 25.5 Å². The normalized spacial score (nSPS) is 10.9. The highest BCUT2D eigenvalue weighted by molar-refractivity contribution is 9.10. The highest BCUT2D eigenvalue weighted by Crippen LogP contribution is 2.23. The number of carbonyl (C=O) groups is 1. The maximum atomic E-state index is 13.9. The highest BCUT2D eigenvalue weighted by atomic mass is 79.9. The average molecular weight is 406 g/mol. The number of benzene rings is 1. The van der Waals surface area contributed by atoms with Crippen LogP contribution in [0, 0.1) is 19.7 Å². The highest BCUT2D eigenvalue weighted by Gasteiger charge is 2.20. The maximum Gasteiger partial charge on any atom is 0.275 e. The van der Waals surface area contributed by atoms with Crippen LogP contribution in [0.3, 0.4) is 0 Å². The van der Waals surface area contributed by atoms with Crippen molar-refractivity contribution in [3.63, 3.8) is 0 Å². The molecule has 1 N–H and O–H groups in total. The molecule has 0 bridgehead atoms. The summed E-state index contributed by atoms with van der Waals surface area (Å²) in [5, 5.41) is 11.3. The lowest BCUT2D eigenvalue weighted by atomic mass is 10.2. The van der Waals surface area contributed by atoms with E-state index in [0.29, 0.717) is 33.7 Å². The molecule has 0 unspecified atom stereocenters. The molecule has 25 heavy (non-hydrogen) atoms. The molecule has 130 valence electrons. The van der Waals surface area contributed by atoms with Crippen LogP contribution in [0.1, 0.15) is 27.4 Å². The lowest BCUT2D eigenvalue weighted by Crippen LogP contribution is -2.17. The lowest BCUT2D eigenvalue weighted by molar-refractivity contribution is 0.101. The van der Waals surface area contributed by atoms with Gasteiger partial charge in [-0.2, -0.15) is 10.2 Å². The third-order valence-corrected chi connectivity index (χ3v) is 4.59. The largest absolute Gasteiger partial charge is 0.317 e. The summed E-state index contributed by atoms with van der Waals surface area (Å²) < 4.78 is 17.7. The average Bonchev–Trinajstić information content (AvgIpc) is 3.03. The minimum atomic E-state index is -0.288. The molecule has 3 aromatic rings. The minimum Gasteiger partial charge on any atom is -0.317 e. The number of hydrogen-bond donors (Lipinski definition) is 1. The van der Waals surface area contributed by atoms with Crippen LogP contribution in [-0.2, 0) is 13.6 Å². The molecular weight excluding hydrogens is 389 g/mol. The van der Waals surface area contributed by atoms with Crippen molar-refractivity contribution in [1.82, 2.24) is 19.6 Å². The molecule has 0 saturated carbocycles. The Morgan fingerprint density at radius 2 is 2.04 bits per heavy atom. The van der Waals surface area contributed by atoms with Gasteiger partial charge in [-0.15, -0.1) is 0 Å². The van der Waals surface area contributed by atoms with Gasteiger partial charge in [-0.1, -0.05) is 18.2 Å². The molecule has 0 saturated heterocycles. The number of carbonyl (C=O) groups excluding carboxylic acids is 1. The van der Waals surface area contributed by atoms with Crippen LogP contribution in [0.4, 0.5) is 10.1 Å². The van der Waals surface area contributed by atoms with Crippen LogP contribution in [0.2, 0.25) is 0 Å². The predicted molar refractivity (Wildman–Crippen MR) is 96.1 cm³/mol. The van der Waals surface area contributed by atoms with Crippen LogP contribution < -0.4 is 5.32 Å². The summed E-state index contributed by atoms with van der Waals surface area (Å²) in [5.41, 5.74) is 3.00. The summed E-state index contributed by atoms with van der Waals surface area (Å²) in [5.74, 6) is -0.567. The van der Waals surface area contributed by atoms with E-state index >= 15 is 0 Å². The van der Waals surface area contributed by atoms with Crippen molar-refractivity contribution in [3.05, 3.63) is 63.4 Å². The second-order valence-electron chi connectivity index (χ2n) is 5.71. The van der Waals surface area contributed by atoms with E-state index in [0.717, 1.165) is 5.69 Å². The van der Waals surface area contributed by atoms with Gasteiger partial charge in [0.2, 0.25) is 0 Å². The van der Waals surface area contributed by atoms with Gasteiger partial charge in [0.15, 0.2) is 0 Å². The summed E-state index contributed by atoms with van der Waals surface area (Å²) in [6.07, 6.45) is 1.57. The molecule has 0 aliphatic heterocycles. The molecule has 2 heterocycles. The van der Waals surface area contributed by atoms with Crippen molar-refractivity contribution in [2.24, 2.45) is 7.05 Å². The van der Waals surface area contributed by atoms with Crippen molar-refractivity contribution in [1.29, 1.82) is 0 Å². The minimum absolute atomic E-state index is 0.278. The number of aromatic nitrogens is 4. The van der Waals surface area contributed by atoms with Gasteiger partial charge in [0.1, 0.15) is 11.5 Å². The van der Waals surface area contributed by atoms with Gasteiger partial charge in [-0.05, 0) is 35.8 Å². The standard InChI is InChI=1S/C17H17BrFN5O/c1-10-15(21-17(25)16-13(18)8-20-23(16)3)11(2)24(22-10)9-12-6-4-5-7-14(12)19/h4-8H,9H2,1-3H3,(H,21,25). The molecule has 1 amide bonds. The second-order valence-corrected chi connectivity index (χ2v) is 6.57. The third-order valence-electron chi connectivity index (χ3n) is 4.01. The molecule has 2 aromatic heterocycles. The Labute approximate surface area is 152 Å². The number of nitrogens with zero attached hydrogens (tertiary/aromatic N) is 4. The first-order chi connectivity index (χ1) is 11.9. The molecule has 0 fully saturated rings. The molecule has 0 spiro atoms. The van der Waals surface area contributed by atoms with Crippen LogP contribution in [0.25, 0.3) is 0 Å². The van der Waals surface area contributed by atoms with Gasteiger partial charge >= 0.3 is 0 Å². The van der Waals surface area contributed by atoms with E-state index in [1.165, 1.54) is 10.7 Å². The van der Waals surface area contributed by atoms with E-state index in [1.54, 1.807) is 43.0 Å². The van der Waals surface area contributed by atoms with Crippen molar-refractivity contribution < 1.29 is 9.18 Å². The molecule has 8 heteroatoms. The fraction of sp³-hybridized carbons (Fsp3) is 0.235. The molecule has 0 atom stereocenters. The second kappa shape index (κ2) is 6.79. The van der Waals surface area contributed by atoms with Gasteiger partial charge < -0.3 is 5.32 Å². The van der Waals surface area contributed by atoms with Gasteiger partial charge in [0.25, 0.3) is 5.91 Å². The summed E-state index contributed by atoms with van der Waals surface area (Å²) in [4.78, 5) is 12.5. The maximum absolute atomic E-state index is 13.9. The monoisotopic (exact) mass is 405 g/mol. The van der Waals surface area contributed by atoms with Crippen LogP contribution >= 0.6 is 15.9 Å². The van der Waals surface area contributed by atoms with Crippen LogP contribution in [0.5, 0.6) is 0 Å². The molecule has 0 aliphatic rings. The number of halogens is 2. The number of nitrogens with one attached hydrogen (secondary N) is 1. The fourth-order valence-corrected chi connectivity index (χ4v) is 3.19. The Morgan fingerprint density at radius 1 is 1.32 bits per heavy atom. The molecule has 0 aliphatic carbocycles. The molecule has 3 rings (SSSR count). The smallest absolute Gasteiger partial charge is 0.275 e. The van der Waals surface area contributed by atoms with E-state index in [-0.39, 0.29) is 11.7 Å². The van der Waals surface area contributed by atoms with Gasteiger partial charge in [-0.25, -0.2) is 4.39 Å². The number of rotatable bonds is 4. The number of aryl methyl sites for hydroxylation is 2. The molecule has 0 radical (unpaired) electrons. The van der Waals surface area contributed by atoms with E-state index in [2.05, 4.69) is 31.4 Å². The van der Waals surface area contributed by atoms with Crippen molar-refractivity contribution in [2.45, 2.75) is 20.4 Å². The Hall–Kier alpha value is -2.48. The Bertz CT molecular complexity index is 927. The number of amides is 1. The topological polar surface area (TPSA) is 64.7 Å². The van der Waals surface area contributed by atoms with Gasteiger partial charge in [0.05, 0.1) is 34.3 Å². The van der Waals surface area contributed by atoms with Crippen molar-refractivity contribution in [3.8, 4) is 0 Å². The summed E-state index contributed by atoms with van der Waals surface area (Å²) >= 11 is 3.32. The zero-order valence-electron chi connectivity index (χ0n) is 14.0. The van der Waals surface area contributed by atoms with Gasteiger partial charge in [0, 0.05) is 12.6 Å². The van der Waals surface area contributed by atoms with E-state index < -0.39 is 0 Å². The Morgan fingerprint density at radius 3 is 2.68 bits per heavy atom. The lowest BCUT2D eigenvalue weighted by Gasteiger charge is -2.08. The van der Waals surface area contributed by atoms with Crippen molar-refractivity contribution >= 4 is 27.5 Å². The number of hydrogen-bond acceptors (Lipinski definition) is 3. The van der Waals surface area contributed by atoms with E-state index in [1.807, 2.05) is 6.92 Å². The molecular formula is C17H17BrFN5O. The van der Waals surface area contributed by atoms with Crippen LogP contribution in [0.15, 0.2) is 34.9 Å². The summed E-state index contributed by atoms with van der Waals surface area (Å²) in [6, 6.07) is 6.57. The van der Waals surface area contributed by atoms with E-state index in [4.69, 9.17) is 0 Å². The Kier molecular flexibility index (Phi) is 4.71. The van der Waals surface area contributed by atoms with Gasteiger partial charge in [-0.3, -0.25) is 14.2 Å². The Balaban J connectivity index is 1.88. The quantitative estimate of drug-likeness (QED) is 0.722. The first-order valence-electron chi connectivity index (χ1n) is 7.64. The van der Waals surface area contributed by atoms with E-state index in [9.17, 15) is 9.18 Å². The first kappa shape index (κ1) is 17.3. The fourth-order valence-electron chi connectivity index (χ4n) is 2.66. The molecule has 6 nitrogen and oxygen atoms in total. The molecule has 1 aromatic carbocycles. The summed E-state index contributed by atoms with van der Waals surface area (Å²) in [7, 11) is 1.70. The van der Waals surface area contributed by atoms with Crippen molar-refractivity contribution in [2.75, 3.05) is 5.32 Å².